The summed E-state index contributed by atoms with van der Waals surface area (Å²) in [7, 11) is -10.7. The third-order valence-electron chi connectivity index (χ3n) is 7.29. The summed E-state index contributed by atoms with van der Waals surface area (Å²) in [5, 5.41) is 18.5. The van der Waals surface area contributed by atoms with Crippen LogP contribution in [0.5, 0.6) is 17.2 Å². The standard InChI is InChI=1S/C31H29N5O12S3/c1-46-30-17-28(31(47-2)16-25(30)32)36-35-27-9-8-26(22-7-6-20(14-24(22)27)50(40,41)42)34-33-19-5-4-18-12-21(51(43,44)45)15-29(23(18)13-19)48-10-3-11-49(37,38)39/h4-9,12-17H,3,10-11,32H2,1-2H3,(H,37,38,39)(H,40,41,42)(H,43,44,45). The Hall–Kier alpha value is -5.25. The van der Waals surface area contributed by atoms with E-state index in [4.69, 9.17) is 24.5 Å². The number of fused-ring (bicyclic) bond motifs is 2. The molecule has 0 saturated carbocycles. The first-order valence-corrected chi connectivity index (χ1v) is 19.0. The zero-order valence-electron chi connectivity index (χ0n) is 26.7. The molecule has 0 atom stereocenters. The molecule has 0 aromatic heterocycles. The summed E-state index contributed by atoms with van der Waals surface area (Å²) in [6, 6.07) is 16.7. The van der Waals surface area contributed by atoms with Crippen LogP contribution in [0.4, 0.5) is 28.4 Å². The Labute approximate surface area is 291 Å². The van der Waals surface area contributed by atoms with Gasteiger partial charge in [-0.05, 0) is 54.3 Å². The molecule has 0 fully saturated rings. The number of nitrogens with two attached hydrogens (primary N) is 1. The first-order valence-electron chi connectivity index (χ1n) is 14.5. The van der Waals surface area contributed by atoms with Gasteiger partial charge in [0, 0.05) is 34.4 Å². The summed E-state index contributed by atoms with van der Waals surface area (Å²) in [4.78, 5) is -0.869. The maximum absolute atomic E-state index is 12.0. The lowest BCUT2D eigenvalue weighted by molar-refractivity contribution is 0.319. The highest BCUT2D eigenvalue weighted by Gasteiger charge is 2.17. The van der Waals surface area contributed by atoms with Gasteiger partial charge in [0.1, 0.15) is 22.9 Å². The Morgan fingerprint density at radius 3 is 1.90 bits per heavy atom. The third kappa shape index (κ3) is 8.92. The molecule has 0 aliphatic carbocycles. The molecular formula is C31H29N5O12S3. The topological polar surface area (TPSA) is 266 Å². The van der Waals surface area contributed by atoms with Crippen molar-refractivity contribution in [2.24, 2.45) is 20.5 Å². The molecule has 5 rings (SSSR count). The normalized spacial score (nSPS) is 12.6. The monoisotopic (exact) mass is 759 g/mol. The summed E-state index contributed by atoms with van der Waals surface area (Å²) in [6.07, 6.45) is -0.112. The van der Waals surface area contributed by atoms with E-state index in [1.54, 1.807) is 6.07 Å². The molecule has 0 spiro atoms. The minimum Gasteiger partial charge on any atom is -0.495 e. The number of benzene rings is 5. The average Bonchev–Trinajstić information content (AvgIpc) is 3.06. The van der Waals surface area contributed by atoms with Gasteiger partial charge in [0.2, 0.25) is 0 Å². The van der Waals surface area contributed by atoms with Gasteiger partial charge in [-0.2, -0.15) is 30.4 Å². The van der Waals surface area contributed by atoms with E-state index in [1.807, 2.05) is 0 Å². The van der Waals surface area contributed by atoms with Gasteiger partial charge in [-0.25, -0.2) is 0 Å². The Morgan fingerprint density at radius 1 is 0.608 bits per heavy atom. The van der Waals surface area contributed by atoms with Crippen LogP contribution in [0.2, 0.25) is 0 Å². The van der Waals surface area contributed by atoms with Crippen molar-refractivity contribution in [3.05, 3.63) is 72.8 Å². The lowest BCUT2D eigenvalue weighted by Crippen LogP contribution is -2.09. The van der Waals surface area contributed by atoms with E-state index in [9.17, 15) is 34.4 Å². The van der Waals surface area contributed by atoms with Gasteiger partial charge in [0.05, 0.1) is 59.1 Å². The minimum atomic E-state index is -4.63. The molecule has 0 radical (unpaired) electrons. The highest BCUT2D eigenvalue weighted by Crippen LogP contribution is 2.40. The second-order valence-electron chi connectivity index (χ2n) is 10.7. The zero-order chi connectivity index (χ0) is 37.1. The van der Waals surface area contributed by atoms with Crippen LogP contribution < -0.4 is 19.9 Å². The van der Waals surface area contributed by atoms with Gasteiger partial charge in [0.15, 0.2) is 0 Å². The highest BCUT2D eigenvalue weighted by molar-refractivity contribution is 7.86. The molecule has 0 bridgehead atoms. The largest absolute Gasteiger partial charge is 0.495 e. The molecule has 0 saturated heterocycles. The van der Waals surface area contributed by atoms with Crippen LogP contribution in [0.1, 0.15) is 6.42 Å². The molecule has 0 heterocycles. The number of hydrogen-bond acceptors (Lipinski definition) is 14. The van der Waals surface area contributed by atoms with Crippen LogP contribution in [0, 0.1) is 0 Å². The highest BCUT2D eigenvalue weighted by atomic mass is 32.2. The van der Waals surface area contributed by atoms with Gasteiger partial charge in [0.25, 0.3) is 30.4 Å². The Morgan fingerprint density at radius 2 is 1.25 bits per heavy atom. The molecular weight excluding hydrogens is 731 g/mol. The molecule has 268 valence electrons. The molecule has 0 amide bonds. The van der Waals surface area contributed by atoms with Crippen molar-refractivity contribution in [2.75, 3.05) is 32.3 Å². The van der Waals surface area contributed by atoms with Crippen molar-refractivity contribution in [1.29, 1.82) is 0 Å². The van der Waals surface area contributed by atoms with Gasteiger partial charge in [-0.15, -0.1) is 15.3 Å². The van der Waals surface area contributed by atoms with E-state index >= 15 is 0 Å². The molecule has 5 aromatic rings. The average molecular weight is 760 g/mol. The maximum atomic E-state index is 12.0. The molecule has 51 heavy (non-hydrogen) atoms. The maximum Gasteiger partial charge on any atom is 0.294 e. The lowest BCUT2D eigenvalue weighted by Gasteiger charge is -2.11. The van der Waals surface area contributed by atoms with E-state index in [2.05, 4.69) is 20.5 Å². The number of azo groups is 2. The second-order valence-corrected chi connectivity index (χ2v) is 15.2. The lowest BCUT2D eigenvalue weighted by atomic mass is 10.1. The van der Waals surface area contributed by atoms with Crippen molar-refractivity contribution in [2.45, 2.75) is 16.2 Å². The fourth-order valence-electron chi connectivity index (χ4n) is 4.87. The summed E-state index contributed by atoms with van der Waals surface area (Å²) >= 11 is 0. The second kappa shape index (κ2) is 14.5. The van der Waals surface area contributed by atoms with Crippen LogP contribution in [0.15, 0.2) is 103 Å². The number of hydrogen-bond donors (Lipinski definition) is 4. The smallest absolute Gasteiger partial charge is 0.294 e. The number of nitrogens with zero attached hydrogens (tertiary/aromatic N) is 4. The predicted molar refractivity (Wildman–Crippen MR) is 186 cm³/mol. The quantitative estimate of drug-likeness (QED) is 0.0428. The van der Waals surface area contributed by atoms with Crippen molar-refractivity contribution >= 4 is 80.3 Å². The molecule has 5 N–H and O–H groups in total. The van der Waals surface area contributed by atoms with E-state index in [-0.39, 0.29) is 46.9 Å². The van der Waals surface area contributed by atoms with Crippen molar-refractivity contribution in [1.82, 2.24) is 0 Å². The molecule has 0 aliphatic rings. The van der Waals surface area contributed by atoms with Crippen LogP contribution >= 0.6 is 0 Å². The number of rotatable bonds is 13. The number of ether oxygens (including phenoxy) is 3. The van der Waals surface area contributed by atoms with Gasteiger partial charge < -0.3 is 19.9 Å². The molecule has 17 nitrogen and oxygen atoms in total. The summed E-state index contributed by atoms with van der Waals surface area (Å²) in [5.74, 6) is 0.0110. The van der Waals surface area contributed by atoms with E-state index in [0.717, 1.165) is 6.07 Å². The summed E-state index contributed by atoms with van der Waals surface area (Å²) < 4.78 is 115. The zero-order valence-corrected chi connectivity index (χ0v) is 29.1. The Kier molecular flexibility index (Phi) is 10.6. The van der Waals surface area contributed by atoms with Crippen molar-refractivity contribution in [3.63, 3.8) is 0 Å². The first kappa shape index (κ1) is 37.0. The SMILES string of the molecule is COc1cc(N=Nc2ccc(N=Nc3ccc4cc(S(=O)(=O)O)cc(OCCCS(=O)(=O)O)c4c3)c3ccc(S(=O)(=O)O)cc23)c(OC)cc1N. The molecule has 0 aliphatic heterocycles. The van der Waals surface area contributed by atoms with Gasteiger partial charge >= 0.3 is 0 Å². The number of methoxy groups -OCH3 is 2. The molecule has 20 heteroatoms. The predicted octanol–water partition coefficient (Wildman–Crippen LogP) is 6.57. The number of anilines is 1. The number of nitrogen functional groups attached to an aromatic ring is 1. The summed E-state index contributed by atoms with van der Waals surface area (Å²) in [6.45, 7) is -0.213. The van der Waals surface area contributed by atoms with Crippen LogP contribution in [0.25, 0.3) is 21.5 Å². The third-order valence-corrected chi connectivity index (χ3v) is 9.77. The molecule has 5 aromatic carbocycles. The van der Waals surface area contributed by atoms with Crippen molar-refractivity contribution < 1.29 is 53.1 Å². The Bertz CT molecular complexity index is 2560. The van der Waals surface area contributed by atoms with E-state index in [1.165, 1.54) is 74.9 Å². The fourth-order valence-corrected chi connectivity index (χ4v) is 6.39. The van der Waals surface area contributed by atoms with E-state index in [0.29, 0.717) is 33.3 Å². The van der Waals surface area contributed by atoms with Crippen LogP contribution in [-0.4, -0.2) is 65.5 Å². The van der Waals surface area contributed by atoms with Crippen molar-refractivity contribution in [3.8, 4) is 17.2 Å². The summed E-state index contributed by atoms with van der Waals surface area (Å²) in [5.41, 5.74) is 7.25. The van der Waals surface area contributed by atoms with Gasteiger partial charge in [-0.1, -0.05) is 12.1 Å². The Balaban J connectivity index is 1.56. The first-order chi connectivity index (χ1) is 24.0. The van der Waals surface area contributed by atoms with Gasteiger partial charge in [-0.3, -0.25) is 13.7 Å². The molecule has 0 unspecified atom stereocenters. The van der Waals surface area contributed by atoms with Crippen LogP contribution in [0.3, 0.4) is 0 Å². The van der Waals surface area contributed by atoms with Crippen LogP contribution in [-0.2, 0) is 30.4 Å². The minimum absolute atomic E-state index is 0.0132. The fraction of sp³-hybridized carbons (Fsp3) is 0.161. The van der Waals surface area contributed by atoms with E-state index < -0.39 is 45.9 Å².